The maximum absolute atomic E-state index is 11.7. The Hall–Kier alpha value is -1.20. The second kappa shape index (κ2) is 8.60. The second-order valence-corrected chi connectivity index (χ2v) is 8.14. The summed E-state index contributed by atoms with van der Waals surface area (Å²) in [6.07, 6.45) is 3.16. The molecular formula is C18H28N2O2S. The van der Waals surface area contributed by atoms with Crippen molar-refractivity contribution in [1.82, 2.24) is 5.32 Å². The van der Waals surface area contributed by atoms with Gasteiger partial charge in [-0.05, 0) is 75.8 Å². The summed E-state index contributed by atoms with van der Waals surface area (Å²) in [6, 6.07) is 8.66. The molecule has 1 heterocycles. The number of benzene rings is 1. The highest BCUT2D eigenvalue weighted by atomic mass is 32.2. The average Bonchev–Trinajstić information content (AvgIpc) is 2.48. The first-order valence-corrected chi connectivity index (χ1v) is 9.48. The molecule has 1 aromatic carbocycles. The lowest BCUT2D eigenvalue weighted by Crippen LogP contribution is -2.33. The summed E-state index contributed by atoms with van der Waals surface area (Å²) in [7, 11) is 0. The first-order chi connectivity index (χ1) is 10.9. The van der Waals surface area contributed by atoms with Gasteiger partial charge in [0, 0.05) is 11.7 Å². The zero-order valence-corrected chi connectivity index (χ0v) is 15.2. The van der Waals surface area contributed by atoms with Crippen LogP contribution in [0.2, 0.25) is 0 Å². The van der Waals surface area contributed by atoms with Crippen LogP contribution in [0.1, 0.15) is 39.2 Å². The second-order valence-electron chi connectivity index (χ2n) is 6.91. The zero-order valence-electron chi connectivity index (χ0n) is 14.4. The molecule has 1 saturated heterocycles. The number of carbonyl (C=O) groups excluding carboxylic acids is 1. The maximum atomic E-state index is 11.7. The van der Waals surface area contributed by atoms with Crippen LogP contribution in [0, 0.1) is 0 Å². The van der Waals surface area contributed by atoms with E-state index in [2.05, 4.69) is 34.5 Å². The van der Waals surface area contributed by atoms with Gasteiger partial charge in [0.15, 0.2) is 0 Å². The minimum atomic E-state index is -0.479. The standard InChI is InChI=1S/C18H28N2O2S/c1-18(2,3)22-17(21)20-16-6-4-14(5-7-16)8-11-19-15-9-12-23-13-10-15/h4-7,15,19H,8-13H2,1-3H3,(H,20,21). The number of carbonyl (C=O) groups is 1. The lowest BCUT2D eigenvalue weighted by molar-refractivity contribution is 0.0636. The van der Waals surface area contributed by atoms with E-state index in [0.717, 1.165) is 18.7 Å². The molecule has 0 radical (unpaired) electrons. The van der Waals surface area contributed by atoms with E-state index < -0.39 is 11.7 Å². The summed E-state index contributed by atoms with van der Waals surface area (Å²) in [4.78, 5) is 11.7. The quantitative estimate of drug-likeness (QED) is 0.851. The largest absolute Gasteiger partial charge is 0.444 e. The first kappa shape index (κ1) is 18.1. The van der Waals surface area contributed by atoms with Gasteiger partial charge in [0.25, 0.3) is 0 Å². The zero-order chi connectivity index (χ0) is 16.7. The smallest absolute Gasteiger partial charge is 0.412 e. The monoisotopic (exact) mass is 336 g/mol. The molecule has 2 N–H and O–H groups in total. The molecule has 1 aliphatic rings. The van der Waals surface area contributed by atoms with Crippen molar-refractivity contribution in [3.05, 3.63) is 29.8 Å². The van der Waals surface area contributed by atoms with Gasteiger partial charge in [-0.25, -0.2) is 4.79 Å². The Balaban J connectivity index is 1.72. The van der Waals surface area contributed by atoms with E-state index in [1.807, 2.05) is 32.9 Å². The van der Waals surface area contributed by atoms with Crippen molar-refractivity contribution in [1.29, 1.82) is 0 Å². The summed E-state index contributed by atoms with van der Waals surface area (Å²) in [5, 5.41) is 6.39. The van der Waals surface area contributed by atoms with Crippen molar-refractivity contribution in [3.8, 4) is 0 Å². The fourth-order valence-electron chi connectivity index (χ4n) is 2.50. The van der Waals surface area contributed by atoms with E-state index in [-0.39, 0.29) is 0 Å². The molecule has 5 heteroatoms. The molecule has 0 atom stereocenters. The van der Waals surface area contributed by atoms with Crippen molar-refractivity contribution in [2.24, 2.45) is 0 Å². The maximum Gasteiger partial charge on any atom is 0.412 e. The number of anilines is 1. The average molecular weight is 337 g/mol. The molecule has 0 aliphatic carbocycles. The predicted molar refractivity (Wildman–Crippen MR) is 98.4 cm³/mol. The van der Waals surface area contributed by atoms with Gasteiger partial charge in [0.2, 0.25) is 0 Å². The molecule has 2 rings (SSSR count). The Kier molecular flexibility index (Phi) is 6.78. The highest BCUT2D eigenvalue weighted by Gasteiger charge is 2.16. The van der Waals surface area contributed by atoms with E-state index in [1.165, 1.54) is 29.9 Å². The highest BCUT2D eigenvalue weighted by Crippen LogP contribution is 2.17. The number of hydrogen-bond donors (Lipinski definition) is 2. The van der Waals surface area contributed by atoms with Crippen molar-refractivity contribution in [3.63, 3.8) is 0 Å². The summed E-state index contributed by atoms with van der Waals surface area (Å²) < 4.78 is 5.24. The van der Waals surface area contributed by atoms with Crippen molar-refractivity contribution in [2.45, 2.75) is 51.7 Å². The van der Waals surface area contributed by atoms with Crippen LogP contribution >= 0.6 is 11.8 Å². The van der Waals surface area contributed by atoms with E-state index in [9.17, 15) is 4.79 Å². The van der Waals surface area contributed by atoms with Crippen LogP contribution in [0.3, 0.4) is 0 Å². The van der Waals surface area contributed by atoms with Gasteiger partial charge in [-0.2, -0.15) is 11.8 Å². The fraction of sp³-hybridized carbons (Fsp3) is 0.611. The van der Waals surface area contributed by atoms with Gasteiger partial charge in [0.05, 0.1) is 0 Å². The number of thioether (sulfide) groups is 1. The Morgan fingerprint density at radius 1 is 1.22 bits per heavy atom. The van der Waals surface area contributed by atoms with Crippen molar-refractivity contribution in [2.75, 3.05) is 23.4 Å². The van der Waals surface area contributed by atoms with Crippen LogP contribution in [-0.4, -0.2) is 35.8 Å². The topological polar surface area (TPSA) is 50.4 Å². The van der Waals surface area contributed by atoms with Gasteiger partial charge in [0.1, 0.15) is 5.60 Å². The molecule has 1 aliphatic heterocycles. The Bertz CT molecular complexity index is 491. The molecule has 0 unspecified atom stereocenters. The molecule has 1 aromatic rings. The molecule has 0 aromatic heterocycles. The SMILES string of the molecule is CC(C)(C)OC(=O)Nc1ccc(CCNC2CCSCC2)cc1. The van der Waals surface area contributed by atoms with Crippen LogP contribution in [0.15, 0.2) is 24.3 Å². The molecular weight excluding hydrogens is 308 g/mol. The number of ether oxygens (including phenoxy) is 1. The predicted octanol–water partition coefficient (Wildman–Crippen LogP) is 4.06. The summed E-state index contributed by atoms with van der Waals surface area (Å²) in [5.74, 6) is 2.56. The molecule has 23 heavy (non-hydrogen) atoms. The van der Waals surface area contributed by atoms with Crippen LogP contribution in [-0.2, 0) is 11.2 Å². The number of nitrogens with one attached hydrogen (secondary N) is 2. The molecule has 0 bridgehead atoms. The lowest BCUT2D eigenvalue weighted by atomic mass is 10.1. The fourth-order valence-corrected chi connectivity index (χ4v) is 3.61. The Morgan fingerprint density at radius 2 is 1.87 bits per heavy atom. The number of amides is 1. The van der Waals surface area contributed by atoms with Gasteiger partial charge in [-0.3, -0.25) is 5.32 Å². The van der Waals surface area contributed by atoms with E-state index in [4.69, 9.17) is 4.74 Å². The van der Waals surface area contributed by atoms with Gasteiger partial charge < -0.3 is 10.1 Å². The number of hydrogen-bond acceptors (Lipinski definition) is 4. The third-order valence-corrected chi connectivity index (χ3v) is 4.72. The third-order valence-electron chi connectivity index (χ3n) is 3.67. The Morgan fingerprint density at radius 3 is 2.48 bits per heavy atom. The highest BCUT2D eigenvalue weighted by molar-refractivity contribution is 7.99. The van der Waals surface area contributed by atoms with E-state index >= 15 is 0 Å². The normalized spacial score (nSPS) is 16.1. The van der Waals surface area contributed by atoms with Gasteiger partial charge in [-0.15, -0.1) is 0 Å². The minimum absolute atomic E-state index is 0.415. The van der Waals surface area contributed by atoms with Crippen molar-refractivity contribution < 1.29 is 9.53 Å². The molecule has 0 saturated carbocycles. The van der Waals surface area contributed by atoms with Crippen molar-refractivity contribution >= 4 is 23.5 Å². The van der Waals surface area contributed by atoms with Crippen LogP contribution in [0.4, 0.5) is 10.5 Å². The van der Waals surface area contributed by atoms with Gasteiger partial charge >= 0.3 is 6.09 Å². The first-order valence-electron chi connectivity index (χ1n) is 8.32. The molecule has 1 amide bonds. The van der Waals surface area contributed by atoms with E-state index in [1.54, 1.807) is 0 Å². The van der Waals surface area contributed by atoms with Crippen LogP contribution < -0.4 is 10.6 Å². The third kappa shape index (κ3) is 7.27. The van der Waals surface area contributed by atoms with E-state index in [0.29, 0.717) is 6.04 Å². The summed E-state index contributed by atoms with van der Waals surface area (Å²) in [6.45, 7) is 6.57. The van der Waals surface area contributed by atoms with Crippen LogP contribution in [0.25, 0.3) is 0 Å². The Labute approximate surface area is 143 Å². The number of rotatable bonds is 5. The van der Waals surface area contributed by atoms with Gasteiger partial charge in [-0.1, -0.05) is 12.1 Å². The lowest BCUT2D eigenvalue weighted by Gasteiger charge is -2.22. The summed E-state index contributed by atoms with van der Waals surface area (Å²) in [5.41, 5.74) is 1.56. The minimum Gasteiger partial charge on any atom is -0.444 e. The molecule has 1 fully saturated rings. The molecule has 4 nitrogen and oxygen atoms in total. The summed E-state index contributed by atoms with van der Waals surface area (Å²) >= 11 is 2.05. The van der Waals surface area contributed by atoms with Crippen LogP contribution in [0.5, 0.6) is 0 Å². The molecule has 128 valence electrons. The molecule has 0 spiro atoms.